The molecule has 1 aromatic carbocycles. The number of nitrogens with zero attached hydrogens (tertiary/aromatic N) is 1. The standard InChI is InChI=1S/C12H16N2O3S/c1-10-8-12(2,17-14-10)9-13-18(15,16)11-6-4-3-5-7-11/h3-7,13H,8-9H2,1-2H3/t12-/m0/s1. The van der Waals surface area contributed by atoms with Crippen molar-refractivity contribution < 1.29 is 13.3 Å². The van der Waals surface area contributed by atoms with Gasteiger partial charge in [0.15, 0.2) is 5.60 Å². The molecule has 2 rings (SSSR count). The molecule has 1 aliphatic rings. The van der Waals surface area contributed by atoms with E-state index in [1.807, 2.05) is 13.8 Å². The van der Waals surface area contributed by atoms with Gasteiger partial charge in [-0.15, -0.1) is 0 Å². The molecule has 0 aliphatic carbocycles. The predicted octanol–water partition coefficient (Wildman–Crippen LogP) is 1.52. The van der Waals surface area contributed by atoms with Crippen molar-refractivity contribution in [1.29, 1.82) is 0 Å². The van der Waals surface area contributed by atoms with Crippen molar-refractivity contribution in [3.05, 3.63) is 30.3 Å². The number of hydrogen-bond acceptors (Lipinski definition) is 4. The highest BCUT2D eigenvalue weighted by Crippen LogP contribution is 2.23. The first-order valence-corrected chi connectivity index (χ1v) is 7.16. The molecule has 0 saturated carbocycles. The summed E-state index contributed by atoms with van der Waals surface area (Å²) in [6, 6.07) is 8.27. The molecule has 0 saturated heterocycles. The maximum absolute atomic E-state index is 12.0. The van der Waals surface area contributed by atoms with E-state index in [9.17, 15) is 8.42 Å². The molecule has 5 nitrogen and oxygen atoms in total. The monoisotopic (exact) mass is 268 g/mol. The Morgan fingerprint density at radius 2 is 2.06 bits per heavy atom. The van der Waals surface area contributed by atoms with Crippen molar-refractivity contribution in [1.82, 2.24) is 4.72 Å². The Bertz CT molecular complexity index is 554. The number of benzene rings is 1. The molecular formula is C12H16N2O3S. The van der Waals surface area contributed by atoms with Crippen LogP contribution in [-0.4, -0.2) is 26.3 Å². The highest BCUT2D eigenvalue weighted by atomic mass is 32.2. The zero-order valence-corrected chi connectivity index (χ0v) is 11.2. The van der Waals surface area contributed by atoms with Crippen LogP contribution in [0.4, 0.5) is 0 Å². The number of hydrogen-bond donors (Lipinski definition) is 1. The molecule has 18 heavy (non-hydrogen) atoms. The molecule has 0 radical (unpaired) electrons. The zero-order valence-electron chi connectivity index (χ0n) is 10.4. The fraction of sp³-hybridized carbons (Fsp3) is 0.417. The highest BCUT2D eigenvalue weighted by molar-refractivity contribution is 7.89. The average molecular weight is 268 g/mol. The zero-order chi connectivity index (χ0) is 13.2. The van der Waals surface area contributed by atoms with Gasteiger partial charge in [-0.25, -0.2) is 13.1 Å². The summed E-state index contributed by atoms with van der Waals surface area (Å²) in [7, 11) is -3.48. The van der Waals surface area contributed by atoms with Crippen molar-refractivity contribution in [3.8, 4) is 0 Å². The molecule has 98 valence electrons. The number of oxime groups is 1. The van der Waals surface area contributed by atoms with E-state index in [0.717, 1.165) is 5.71 Å². The lowest BCUT2D eigenvalue weighted by atomic mass is 10.0. The minimum Gasteiger partial charge on any atom is -0.388 e. The van der Waals surface area contributed by atoms with Crippen LogP contribution in [0.15, 0.2) is 40.4 Å². The van der Waals surface area contributed by atoms with E-state index in [4.69, 9.17) is 4.84 Å². The van der Waals surface area contributed by atoms with Gasteiger partial charge in [0, 0.05) is 6.42 Å². The van der Waals surface area contributed by atoms with Gasteiger partial charge >= 0.3 is 0 Å². The van der Waals surface area contributed by atoms with Crippen LogP contribution < -0.4 is 4.72 Å². The smallest absolute Gasteiger partial charge is 0.240 e. The van der Waals surface area contributed by atoms with E-state index in [-0.39, 0.29) is 11.4 Å². The fourth-order valence-electron chi connectivity index (χ4n) is 1.82. The normalized spacial score (nSPS) is 23.6. The lowest BCUT2D eigenvalue weighted by Crippen LogP contribution is -2.40. The quantitative estimate of drug-likeness (QED) is 0.900. The van der Waals surface area contributed by atoms with E-state index in [1.54, 1.807) is 30.3 Å². The van der Waals surface area contributed by atoms with Gasteiger partial charge in [-0.3, -0.25) is 0 Å². The van der Waals surface area contributed by atoms with Crippen LogP contribution in [-0.2, 0) is 14.9 Å². The first-order chi connectivity index (χ1) is 8.41. The van der Waals surface area contributed by atoms with Crippen LogP contribution in [0.2, 0.25) is 0 Å². The van der Waals surface area contributed by atoms with Gasteiger partial charge in [0.2, 0.25) is 10.0 Å². The fourth-order valence-corrected chi connectivity index (χ4v) is 3.00. The molecule has 0 spiro atoms. The van der Waals surface area contributed by atoms with Crippen LogP contribution in [0.5, 0.6) is 0 Å². The van der Waals surface area contributed by atoms with Crippen molar-refractivity contribution in [3.63, 3.8) is 0 Å². The molecule has 1 atom stereocenters. The topological polar surface area (TPSA) is 67.8 Å². The van der Waals surface area contributed by atoms with E-state index in [1.165, 1.54) is 0 Å². The molecule has 0 amide bonds. The maximum Gasteiger partial charge on any atom is 0.240 e. The van der Waals surface area contributed by atoms with Gasteiger partial charge in [0.1, 0.15) is 0 Å². The summed E-state index contributed by atoms with van der Waals surface area (Å²) in [5.74, 6) is 0. The van der Waals surface area contributed by atoms with Crippen molar-refractivity contribution in [2.75, 3.05) is 6.54 Å². The SMILES string of the molecule is CC1=NO[C@](C)(CNS(=O)(=O)c2ccccc2)C1. The van der Waals surface area contributed by atoms with Gasteiger partial charge in [0.25, 0.3) is 0 Å². The first-order valence-electron chi connectivity index (χ1n) is 5.68. The van der Waals surface area contributed by atoms with Crippen LogP contribution in [0.1, 0.15) is 20.3 Å². The van der Waals surface area contributed by atoms with Crippen LogP contribution in [0.25, 0.3) is 0 Å². The molecule has 0 fully saturated rings. The molecule has 0 unspecified atom stereocenters. The summed E-state index contributed by atoms with van der Waals surface area (Å²) in [6.45, 7) is 3.89. The number of rotatable bonds is 4. The van der Waals surface area contributed by atoms with Crippen LogP contribution >= 0.6 is 0 Å². The Hall–Kier alpha value is -1.40. The first kappa shape index (κ1) is 13.0. The van der Waals surface area contributed by atoms with Crippen molar-refractivity contribution in [2.24, 2.45) is 5.16 Å². The molecule has 1 heterocycles. The molecule has 1 aliphatic heterocycles. The largest absolute Gasteiger partial charge is 0.388 e. The second kappa shape index (κ2) is 4.70. The third-order valence-electron chi connectivity index (χ3n) is 2.74. The summed E-state index contributed by atoms with van der Waals surface area (Å²) in [5, 5.41) is 3.84. The maximum atomic E-state index is 12.0. The summed E-state index contributed by atoms with van der Waals surface area (Å²) in [6.07, 6.45) is 0.629. The van der Waals surface area contributed by atoms with Gasteiger partial charge < -0.3 is 4.84 Å². The summed E-state index contributed by atoms with van der Waals surface area (Å²) in [4.78, 5) is 5.50. The van der Waals surface area contributed by atoms with Gasteiger partial charge in [-0.1, -0.05) is 23.4 Å². The summed E-state index contributed by atoms with van der Waals surface area (Å²) in [5.41, 5.74) is 0.280. The Labute approximate surface area is 107 Å². The van der Waals surface area contributed by atoms with E-state index < -0.39 is 15.6 Å². The molecule has 1 aromatic rings. The van der Waals surface area contributed by atoms with E-state index in [2.05, 4.69) is 9.88 Å². The van der Waals surface area contributed by atoms with Gasteiger partial charge in [0.05, 0.1) is 17.2 Å². The highest BCUT2D eigenvalue weighted by Gasteiger charge is 2.34. The number of nitrogens with one attached hydrogen (secondary N) is 1. The van der Waals surface area contributed by atoms with Gasteiger partial charge in [-0.05, 0) is 26.0 Å². The van der Waals surface area contributed by atoms with Crippen LogP contribution in [0.3, 0.4) is 0 Å². The molecule has 6 heteroatoms. The van der Waals surface area contributed by atoms with E-state index in [0.29, 0.717) is 6.42 Å². The third-order valence-corrected chi connectivity index (χ3v) is 4.16. The second-order valence-corrected chi connectivity index (χ2v) is 6.45. The molecule has 0 bridgehead atoms. The summed E-state index contributed by atoms with van der Waals surface area (Å²) < 4.78 is 26.6. The van der Waals surface area contributed by atoms with Crippen molar-refractivity contribution in [2.45, 2.75) is 30.8 Å². The Balaban J connectivity index is 2.03. The lowest BCUT2D eigenvalue weighted by molar-refractivity contribution is 0.00146. The minimum atomic E-state index is -3.48. The molecule has 0 aromatic heterocycles. The molecular weight excluding hydrogens is 252 g/mol. The van der Waals surface area contributed by atoms with Gasteiger partial charge in [-0.2, -0.15) is 0 Å². The average Bonchev–Trinajstić information content (AvgIpc) is 2.69. The second-order valence-electron chi connectivity index (χ2n) is 4.68. The van der Waals surface area contributed by atoms with Crippen LogP contribution in [0, 0.1) is 0 Å². The minimum absolute atomic E-state index is 0.199. The Morgan fingerprint density at radius 3 is 2.61 bits per heavy atom. The Kier molecular flexibility index (Phi) is 3.41. The Morgan fingerprint density at radius 1 is 1.39 bits per heavy atom. The van der Waals surface area contributed by atoms with Crippen molar-refractivity contribution >= 4 is 15.7 Å². The third kappa shape index (κ3) is 2.88. The predicted molar refractivity (Wildman–Crippen MR) is 68.8 cm³/mol. The lowest BCUT2D eigenvalue weighted by Gasteiger charge is -2.21. The molecule has 1 N–H and O–H groups in total. The van der Waals surface area contributed by atoms with E-state index >= 15 is 0 Å². The number of sulfonamides is 1. The summed E-state index contributed by atoms with van der Waals surface area (Å²) >= 11 is 0.